The molecule has 0 N–H and O–H groups in total. The highest BCUT2D eigenvalue weighted by Crippen LogP contribution is 2.66. The molecule has 0 spiro atoms. The van der Waals surface area contributed by atoms with Crippen LogP contribution in [-0.4, -0.2) is 22.8 Å². The molecule has 176 valence electrons. The number of thiophene rings is 1. The van der Waals surface area contributed by atoms with Crippen LogP contribution in [-0.2, 0) is 6.42 Å². The molecule has 1 aliphatic carbocycles. The molecule has 5 rings (SSSR count). The Hall–Kier alpha value is -3.07. The maximum atomic E-state index is 15.4. The molecule has 0 bridgehead atoms. The van der Waals surface area contributed by atoms with Gasteiger partial charge in [-0.1, -0.05) is 31.2 Å². The lowest BCUT2D eigenvalue weighted by atomic mass is 9.92. The fraction of sp³-hybridized carbons (Fsp3) is 0.240. The van der Waals surface area contributed by atoms with Gasteiger partial charge in [-0.2, -0.15) is 26.3 Å². The summed E-state index contributed by atoms with van der Waals surface area (Å²) in [6, 6.07) is 10.6. The third-order valence-electron chi connectivity index (χ3n) is 6.04. The van der Waals surface area contributed by atoms with Crippen molar-refractivity contribution in [3.8, 4) is 10.4 Å². The maximum absolute atomic E-state index is 15.4. The van der Waals surface area contributed by atoms with Crippen molar-refractivity contribution in [3.63, 3.8) is 0 Å². The topological polar surface area (TPSA) is 26.0 Å². The van der Waals surface area contributed by atoms with Crippen molar-refractivity contribution >= 4 is 33.5 Å². The highest BCUT2D eigenvalue weighted by molar-refractivity contribution is 7.15. The van der Waals surface area contributed by atoms with Crippen LogP contribution in [0.5, 0.6) is 0 Å². The van der Waals surface area contributed by atoms with E-state index in [0.717, 1.165) is 11.3 Å². The fourth-order valence-electron chi connectivity index (χ4n) is 4.41. The number of benzene rings is 1. The number of halogens is 6. The Morgan fingerprint density at radius 3 is 2.32 bits per heavy atom. The van der Waals surface area contributed by atoms with Gasteiger partial charge in [-0.3, -0.25) is 4.98 Å². The predicted molar refractivity (Wildman–Crippen MR) is 120 cm³/mol. The zero-order chi connectivity index (χ0) is 24.5. The third kappa shape index (κ3) is 2.92. The second-order valence-corrected chi connectivity index (χ2v) is 9.30. The van der Waals surface area contributed by atoms with Crippen molar-refractivity contribution in [1.29, 1.82) is 0 Å². The van der Waals surface area contributed by atoms with Gasteiger partial charge in [0.15, 0.2) is 0 Å². The van der Waals surface area contributed by atoms with E-state index in [1.54, 1.807) is 25.1 Å². The number of rotatable bonds is 4. The van der Waals surface area contributed by atoms with Crippen molar-refractivity contribution in [2.24, 2.45) is 0 Å². The molecule has 1 aromatic carbocycles. The van der Waals surface area contributed by atoms with Crippen LogP contribution in [0.15, 0.2) is 59.3 Å². The van der Waals surface area contributed by atoms with Gasteiger partial charge >= 0.3 is 17.8 Å². The van der Waals surface area contributed by atoms with E-state index in [1.165, 1.54) is 43.6 Å². The monoisotopic (exact) mass is 493 g/mol. The van der Waals surface area contributed by atoms with Gasteiger partial charge in [-0.05, 0) is 30.7 Å². The summed E-state index contributed by atoms with van der Waals surface area (Å²) in [7, 11) is 0. The van der Waals surface area contributed by atoms with Crippen LogP contribution in [0.4, 0.5) is 26.3 Å². The lowest BCUT2D eigenvalue weighted by molar-refractivity contribution is -0.254. The van der Waals surface area contributed by atoms with Crippen molar-refractivity contribution in [3.05, 3.63) is 76.6 Å². The van der Waals surface area contributed by atoms with Gasteiger partial charge < -0.3 is 4.42 Å². The van der Waals surface area contributed by atoms with Crippen LogP contribution in [0, 0.1) is 6.92 Å². The first-order valence-electron chi connectivity index (χ1n) is 10.4. The lowest BCUT2D eigenvalue weighted by Gasteiger charge is -2.25. The Morgan fingerprint density at radius 2 is 1.65 bits per heavy atom. The van der Waals surface area contributed by atoms with Crippen LogP contribution in [0.1, 0.15) is 28.7 Å². The number of para-hydroxylation sites is 1. The Balaban J connectivity index is 1.89. The number of aromatic nitrogens is 1. The molecule has 0 saturated carbocycles. The lowest BCUT2D eigenvalue weighted by Crippen LogP contribution is -2.48. The Morgan fingerprint density at radius 1 is 0.941 bits per heavy atom. The summed E-state index contributed by atoms with van der Waals surface area (Å²) in [5.41, 5.74) is -2.77. The first-order chi connectivity index (χ1) is 16.0. The van der Waals surface area contributed by atoms with Crippen molar-refractivity contribution < 1.29 is 30.8 Å². The largest absolute Gasteiger partial charge is 0.460 e. The molecule has 3 heterocycles. The third-order valence-corrected chi connectivity index (χ3v) is 7.14. The van der Waals surface area contributed by atoms with E-state index in [9.17, 15) is 8.78 Å². The molecule has 0 unspecified atom stereocenters. The highest BCUT2D eigenvalue weighted by Gasteiger charge is 2.80. The average molecular weight is 493 g/mol. The van der Waals surface area contributed by atoms with Gasteiger partial charge in [0.05, 0.1) is 0 Å². The van der Waals surface area contributed by atoms with Gasteiger partial charge in [0, 0.05) is 56.2 Å². The first kappa shape index (κ1) is 22.7. The van der Waals surface area contributed by atoms with Crippen LogP contribution in [0.3, 0.4) is 0 Å². The zero-order valence-corrected chi connectivity index (χ0v) is 18.8. The molecule has 0 amide bonds. The van der Waals surface area contributed by atoms with Crippen molar-refractivity contribution in [2.75, 3.05) is 0 Å². The Labute approximate surface area is 194 Å². The number of fused-ring (bicyclic) bond motifs is 1. The minimum Gasteiger partial charge on any atom is -0.460 e. The van der Waals surface area contributed by atoms with Crippen LogP contribution >= 0.6 is 11.3 Å². The van der Waals surface area contributed by atoms with Gasteiger partial charge in [-0.25, -0.2) is 0 Å². The van der Waals surface area contributed by atoms with Crippen LogP contribution in [0.25, 0.3) is 32.6 Å². The van der Waals surface area contributed by atoms with Gasteiger partial charge in [0.2, 0.25) is 0 Å². The van der Waals surface area contributed by atoms with Crippen LogP contribution < -0.4 is 0 Å². The molecule has 0 aliphatic heterocycles. The number of nitrogens with zero attached hydrogens (tertiary/aromatic N) is 1. The van der Waals surface area contributed by atoms with Crippen molar-refractivity contribution in [1.82, 2.24) is 4.98 Å². The quantitative estimate of drug-likeness (QED) is 0.268. The maximum Gasteiger partial charge on any atom is 0.380 e. The number of pyridine rings is 1. The molecule has 0 radical (unpaired) electrons. The minimum absolute atomic E-state index is 0.0531. The number of alkyl halides is 6. The molecule has 9 heteroatoms. The summed E-state index contributed by atoms with van der Waals surface area (Å²) >= 11 is 1.05. The van der Waals surface area contributed by atoms with E-state index in [-0.39, 0.29) is 33.6 Å². The second kappa shape index (κ2) is 7.46. The molecule has 0 atom stereocenters. The smallest absolute Gasteiger partial charge is 0.380 e. The molecule has 1 aliphatic rings. The summed E-state index contributed by atoms with van der Waals surface area (Å²) in [6.45, 7) is 3.03. The predicted octanol–water partition coefficient (Wildman–Crippen LogP) is 8.26. The van der Waals surface area contributed by atoms with Gasteiger partial charge in [0.1, 0.15) is 11.3 Å². The van der Waals surface area contributed by atoms with Crippen LogP contribution in [0.2, 0.25) is 0 Å². The fourth-order valence-corrected chi connectivity index (χ4v) is 5.43. The second-order valence-electron chi connectivity index (χ2n) is 8.05. The summed E-state index contributed by atoms with van der Waals surface area (Å²) in [6.07, 6.45) is 3.06. The highest BCUT2D eigenvalue weighted by atomic mass is 32.1. The molecule has 34 heavy (non-hydrogen) atoms. The summed E-state index contributed by atoms with van der Waals surface area (Å²) in [5, 5.41) is 0.0837. The number of aryl methyl sites for hydroxylation is 2. The molecule has 2 nitrogen and oxygen atoms in total. The summed E-state index contributed by atoms with van der Waals surface area (Å²) < 4.78 is 96.5. The Kier molecular flexibility index (Phi) is 4.99. The summed E-state index contributed by atoms with van der Waals surface area (Å²) in [5.74, 6) is -15.9. The Bertz CT molecular complexity index is 1430. The summed E-state index contributed by atoms with van der Waals surface area (Å²) in [4.78, 5) is 4.65. The van der Waals surface area contributed by atoms with Gasteiger partial charge in [0.25, 0.3) is 0 Å². The minimum atomic E-state index is -5.63. The zero-order valence-electron chi connectivity index (χ0n) is 17.9. The molecule has 0 saturated heterocycles. The standard InChI is InChI=1S/C25H17F6NOS/c1-3-17-20(15-8-4-5-9-18(15)33-17)22-21(23(26,27)25(30,31)24(22,28)29)16-11-19(34-13(16)2)14-7-6-10-32-12-14/h4-12H,3H2,1-2H3. The number of hydrogen-bond acceptors (Lipinski definition) is 3. The molecule has 0 fully saturated rings. The van der Waals surface area contributed by atoms with E-state index in [2.05, 4.69) is 4.98 Å². The average Bonchev–Trinajstić information content (AvgIpc) is 3.39. The van der Waals surface area contributed by atoms with E-state index < -0.39 is 34.5 Å². The van der Waals surface area contributed by atoms with E-state index >= 15 is 17.6 Å². The van der Waals surface area contributed by atoms with E-state index in [4.69, 9.17) is 4.42 Å². The number of furan rings is 1. The number of allylic oxidation sites excluding steroid dienone is 2. The molecular weight excluding hydrogens is 476 g/mol. The number of hydrogen-bond donors (Lipinski definition) is 0. The molecule has 3 aromatic heterocycles. The van der Waals surface area contributed by atoms with E-state index in [1.807, 2.05) is 0 Å². The molecular formula is C25H17F6NOS. The SMILES string of the molecule is CCc1oc2ccccc2c1C1=C(c2cc(-c3cccnc3)sc2C)C(F)(F)C(F)(F)C1(F)F. The van der Waals surface area contributed by atoms with E-state index in [0.29, 0.717) is 10.4 Å². The normalized spacial score (nSPS) is 18.7. The van der Waals surface area contributed by atoms with Gasteiger partial charge in [-0.15, -0.1) is 11.3 Å². The van der Waals surface area contributed by atoms with Crippen molar-refractivity contribution in [2.45, 2.75) is 38.0 Å². The molecule has 4 aromatic rings. The first-order valence-corrected chi connectivity index (χ1v) is 11.2.